The highest BCUT2D eigenvalue weighted by Crippen LogP contribution is 2.25. The van der Waals surface area contributed by atoms with Crippen LogP contribution < -0.4 is 4.74 Å². The Balaban J connectivity index is 2.53. The van der Waals surface area contributed by atoms with Crippen molar-refractivity contribution in [3.8, 4) is 5.75 Å². The molecule has 0 saturated carbocycles. The molecule has 0 aliphatic heterocycles. The first-order valence-corrected chi connectivity index (χ1v) is 7.42. The minimum absolute atomic E-state index is 0.131. The Morgan fingerprint density at radius 3 is 2.59 bits per heavy atom. The van der Waals surface area contributed by atoms with Gasteiger partial charge in [0.15, 0.2) is 0 Å². The van der Waals surface area contributed by atoms with Gasteiger partial charge in [0.05, 0.1) is 12.2 Å². The number of hydrogen-bond acceptors (Lipinski definition) is 2. The Labute approximate surface area is 120 Å². The van der Waals surface area contributed by atoms with Gasteiger partial charge in [0.25, 0.3) is 0 Å². The van der Waals surface area contributed by atoms with E-state index in [-0.39, 0.29) is 5.60 Å². The van der Waals surface area contributed by atoms with Crippen LogP contribution in [0.3, 0.4) is 0 Å². The molecule has 0 aliphatic rings. The van der Waals surface area contributed by atoms with Gasteiger partial charge in [-0.05, 0) is 37.6 Å². The summed E-state index contributed by atoms with van der Waals surface area (Å²) in [5.74, 6) is 0.898. The third kappa shape index (κ3) is 4.98. The molecule has 2 nitrogen and oxygen atoms in total. The Bertz CT molecular complexity index is 364. The molecule has 1 aromatic carbocycles. The molecule has 0 radical (unpaired) electrons. The van der Waals surface area contributed by atoms with Gasteiger partial charge >= 0.3 is 0 Å². The lowest BCUT2D eigenvalue weighted by Crippen LogP contribution is -2.25. The van der Waals surface area contributed by atoms with Crippen molar-refractivity contribution in [1.29, 1.82) is 0 Å². The van der Waals surface area contributed by atoms with E-state index in [9.17, 15) is 0 Å². The van der Waals surface area contributed by atoms with E-state index in [1.165, 1.54) is 5.56 Å². The normalized spacial score (nSPS) is 11.6. The van der Waals surface area contributed by atoms with Gasteiger partial charge in [-0.1, -0.05) is 31.9 Å². The summed E-state index contributed by atoms with van der Waals surface area (Å²) in [5, 5.41) is 0.814. The van der Waals surface area contributed by atoms with Crippen LogP contribution in [0, 0.1) is 0 Å². The molecule has 96 valence electrons. The molecule has 0 atom stereocenters. The quantitative estimate of drug-likeness (QED) is 0.689. The van der Waals surface area contributed by atoms with Crippen LogP contribution in [0.25, 0.3) is 0 Å². The molecule has 0 aliphatic carbocycles. The van der Waals surface area contributed by atoms with Gasteiger partial charge in [-0.15, -0.1) is 0 Å². The fourth-order valence-electron chi connectivity index (χ4n) is 1.26. The van der Waals surface area contributed by atoms with Crippen LogP contribution in [-0.4, -0.2) is 19.3 Å². The van der Waals surface area contributed by atoms with Crippen molar-refractivity contribution in [1.82, 2.24) is 0 Å². The van der Waals surface area contributed by atoms with E-state index in [2.05, 4.69) is 45.7 Å². The number of hydrogen-bond donors (Lipinski definition) is 0. The molecule has 1 aromatic rings. The molecule has 17 heavy (non-hydrogen) atoms. The second-order valence-corrected chi connectivity index (χ2v) is 5.86. The fraction of sp³-hybridized carbons (Fsp3) is 0.538. The summed E-state index contributed by atoms with van der Waals surface area (Å²) in [6.07, 6.45) is 0.864. The average Bonchev–Trinajstić information content (AvgIpc) is 2.31. The van der Waals surface area contributed by atoms with E-state index in [1.807, 2.05) is 18.2 Å². The van der Waals surface area contributed by atoms with Gasteiger partial charge in [0.1, 0.15) is 5.75 Å². The second kappa shape index (κ2) is 6.76. The zero-order chi connectivity index (χ0) is 12.9. The Morgan fingerprint density at radius 2 is 2.00 bits per heavy atom. The second-order valence-electron chi connectivity index (χ2n) is 4.45. The molecule has 0 bridgehead atoms. The van der Waals surface area contributed by atoms with Gasteiger partial charge < -0.3 is 9.47 Å². The minimum Gasteiger partial charge on any atom is -0.493 e. The topological polar surface area (TPSA) is 18.5 Å². The van der Waals surface area contributed by atoms with Crippen LogP contribution in [0.5, 0.6) is 5.75 Å². The molecule has 1 rings (SSSR count). The van der Waals surface area contributed by atoms with E-state index in [0.29, 0.717) is 6.61 Å². The number of alkyl halides is 1. The molecule has 4 heteroatoms. The number of benzene rings is 1. The summed E-state index contributed by atoms with van der Waals surface area (Å²) < 4.78 is 12.2. The molecule has 0 unspecified atom stereocenters. The van der Waals surface area contributed by atoms with E-state index < -0.39 is 0 Å². The first-order chi connectivity index (χ1) is 7.98. The molecule has 0 N–H and O–H groups in total. The molecule has 0 aromatic heterocycles. The van der Waals surface area contributed by atoms with Crippen LogP contribution in [0.1, 0.15) is 25.8 Å². The minimum atomic E-state index is -0.131. The molecular formula is C13H18Br2O2. The smallest absolute Gasteiger partial charge is 0.119 e. The van der Waals surface area contributed by atoms with Crippen LogP contribution >= 0.6 is 31.9 Å². The predicted octanol–water partition coefficient (Wildman–Crippen LogP) is 4.54. The highest BCUT2D eigenvalue weighted by Gasteiger charge is 2.16. The van der Waals surface area contributed by atoms with Crippen molar-refractivity contribution in [3.05, 3.63) is 28.2 Å². The predicted molar refractivity (Wildman–Crippen MR) is 78.0 cm³/mol. The summed E-state index contributed by atoms with van der Waals surface area (Å²) in [7, 11) is 1.72. The average molecular weight is 366 g/mol. The maximum absolute atomic E-state index is 5.72. The fourth-order valence-corrected chi connectivity index (χ4v) is 2.49. The van der Waals surface area contributed by atoms with Crippen molar-refractivity contribution in [2.75, 3.05) is 13.7 Å². The van der Waals surface area contributed by atoms with Crippen molar-refractivity contribution in [2.45, 2.75) is 31.2 Å². The lowest BCUT2D eigenvalue weighted by atomic mass is 10.1. The van der Waals surface area contributed by atoms with E-state index in [0.717, 1.165) is 22.0 Å². The molecule has 0 saturated heterocycles. The number of halogens is 2. The molecule has 0 spiro atoms. The first-order valence-electron chi connectivity index (χ1n) is 5.51. The number of rotatable bonds is 6. The zero-order valence-electron chi connectivity index (χ0n) is 10.4. The van der Waals surface area contributed by atoms with Crippen LogP contribution in [-0.2, 0) is 10.1 Å². The van der Waals surface area contributed by atoms with Crippen LogP contribution in [0.4, 0.5) is 0 Å². The number of ether oxygens (including phenoxy) is 2. The standard InChI is InChI=1S/C13H18Br2O2/c1-13(2,16-3)6-7-17-11-4-5-12(15)10(8-11)9-14/h4-5,8H,6-7,9H2,1-3H3. The van der Waals surface area contributed by atoms with Crippen LogP contribution in [0.2, 0.25) is 0 Å². The highest BCUT2D eigenvalue weighted by atomic mass is 79.9. The van der Waals surface area contributed by atoms with Gasteiger partial charge in [-0.3, -0.25) is 0 Å². The zero-order valence-corrected chi connectivity index (χ0v) is 13.6. The van der Waals surface area contributed by atoms with E-state index >= 15 is 0 Å². The van der Waals surface area contributed by atoms with Crippen LogP contribution in [0.15, 0.2) is 22.7 Å². The summed E-state index contributed by atoms with van der Waals surface area (Å²) >= 11 is 6.94. The largest absolute Gasteiger partial charge is 0.493 e. The summed E-state index contributed by atoms with van der Waals surface area (Å²) in [6, 6.07) is 6.02. The Hall–Kier alpha value is -0.0600. The summed E-state index contributed by atoms with van der Waals surface area (Å²) in [6.45, 7) is 4.77. The molecule has 0 amide bonds. The van der Waals surface area contributed by atoms with Crippen molar-refractivity contribution in [3.63, 3.8) is 0 Å². The lowest BCUT2D eigenvalue weighted by molar-refractivity contribution is 0.00545. The number of methoxy groups -OCH3 is 1. The van der Waals surface area contributed by atoms with Gasteiger partial charge in [-0.25, -0.2) is 0 Å². The molecule has 0 fully saturated rings. The highest BCUT2D eigenvalue weighted by molar-refractivity contribution is 9.10. The monoisotopic (exact) mass is 364 g/mol. The first kappa shape index (κ1) is 15.0. The summed E-state index contributed by atoms with van der Waals surface area (Å²) in [4.78, 5) is 0. The van der Waals surface area contributed by atoms with E-state index in [4.69, 9.17) is 9.47 Å². The van der Waals surface area contributed by atoms with E-state index in [1.54, 1.807) is 7.11 Å². The van der Waals surface area contributed by atoms with Gasteiger partial charge in [-0.2, -0.15) is 0 Å². The maximum atomic E-state index is 5.72. The third-order valence-electron chi connectivity index (χ3n) is 2.69. The Kier molecular flexibility index (Phi) is 5.97. The maximum Gasteiger partial charge on any atom is 0.119 e. The van der Waals surface area contributed by atoms with Gasteiger partial charge in [0, 0.05) is 23.3 Å². The van der Waals surface area contributed by atoms with Crippen molar-refractivity contribution < 1.29 is 9.47 Å². The Morgan fingerprint density at radius 1 is 1.29 bits per heavy atom. The lowest BCUT2D eigenvalue weighted by Gasteiger charge is -2.22. The van der Waals surface area contributed by atoms with Crippen molar-refractivity contribution in [2.24, 2.45) is 0 Å². The molecule has 0 heterocycles. The van der Waals surface area contributed by atoms with Gasteiger partial charge in [0.2, 0.25) is 0 Å². The third-order valence-corrected chi connectivity index (χ3v) is 4.06. The molecular weight excluding hydrogens is 348 g/mol. The SMILES string of the molecule is COC(C)(C)CCOc1ccc(Br)c(CBr)c1. The van der Waals surface area contributed by atoms with Crippen molar-refractivity contribution >= 4 is 31.9 Å². The summed E-state index contributed by atoms with van der Waals surface area (Å²) in [5.41, 5.74) is 1.06.